The highest BCUT2D eigenvalue weighted by Crippen LogP contribution is 2.34. The fourth-order valence-corrected chi connectivity index (χ4v) is 4.38. The summed E-state index contributed by atoms with van der Waals surface area (Å²) in [6.07, 6.45) is -4.35. The number of carbonyl (C=O) groups is 2. The quantitative estimate of drug-likeness (QED) is 0.566. The van der Waals surface area contributed by atoms with E-state index in [1.807, 2.05) is 0 Å². The van der Waals surface area contributed by atoms with Gasteiger partial charge in [-0.3, -0.25) is 9.59 Å². The molecule has 0 spiro atoms. The first-order valence-electron chi connectivity index (χ1n) is 9.63. The van der Waals surface area contributed by atoms with Crippen LogP contribution in [-0.2, 0) is 19.6 Å². The number of anilines is 2. The van der Waals surface area contributed by atoms with Crippen molar-refractivity contribution in [1.29, 1.82) is 0 Å². The number of carbonyl (C=O) groups excluding carboxylic acids is 2. The number of nitrogens with zero attached hydrogens (tertiary/aromatic N) is 3. The summed E-state index contributed by atoms with van der Waals surface area (Å²) in [4.78, 5) is 31.0. The number of benzene rings is 1. The van der Waals surface area contributed by atoms with Crippen molar-refractivity contribution in [3.05, 3.63) is 36.4 Å². The van der Waals surface area contributed by atoms with Crippen LogP contribution in [-0.4, -0.2) is 58.6 Å². The smallest absolute Gasteiger partial charge is 0.481 e. The molecule has 1 atom stereocenters. The Kier molecular flexibility index (Phi) is 6.91. The van der Waals surface area contributed by atoms with Gasteiger partial charge in [0, 0.05) is 24.7 Å². The summed E-state index contributed by atoms with van der Waals surface area (Å²) >= 11 is 0. The number of hydrogen-bond donors (Lipinski definition) is 0. The summed E-state index contributed by atoms with van der Waals surface area (Å²) < 4.78 is 76.5. The van der Waals surface area contributed by atoms with E-state index < -0.39 is 39.9 Å². The molecule has 1 fully saturated rings. The molecule has 184 valence electrons. The number of rotatable bonds is 7. The highest BCUT2D eigenvalue weighted by atomic mass is 32.2. The lowest BCUT2D eigenvalue weighted by Crippen LogP contribution is -2.41. The van der Waals surface area contributed by atoms with Crippen LogP contribution in [0.2, 0.25) is 0 Å². The number of ether oxygens (including phenoxy) is 3. The second kappa shape index (κ2) is 9.37. The highest BCUT2D eigenvalue weighted by Gasteiger charge is 2.41. The fourth-order valence-electron chi connectivity index (χ4n) is 3.41. The van der Waals surface area contributed by atoms with Crippen LogP contribution in [0.4, 0.5) is 24.5 Å². The molecule has 1 saturated heterocycles. The summed E-state index contributed by atoms with van der Waals surface area (Å²) in [7, 11) is -1.57. The van der Waals surface area contributed by atoms with Gasteiger partial charge in [0.25, 0.3) is 0 Å². The number of aromatic nitrogens is 1. The van der Waals surface area contributed by atoms with Gasteiger partial charge in [0.05, 0.1) is 26.4 Å². The average Bonchev–Trinajstić information content (AvgIpc) is 3.14. The lowest BCUT2D eigenvalue weighted by atomic mass is 10.1. The van der Waals surface area contributed by atoms with Crippen LogP contribution >= 0.6 is 0 Å². The van der Waals surface area contributed by atoms with Crippen molar-refractivity contribution < 1.29 is 45.4 Å². The standard InChI is InChI=1S/C20H20F3N3O7S/c1-31-16-9-8-15(18(24-16)32-2)26(34(3,29)30)19(28)12-10-17(27)25(11-12)13-4-6-14(7-5-13)33-20(21,22)23/h4-9,12H,10-11H2,1-3H3. The molecule has 1 aliphatic rings. The third-order valence-corrected chi connectivity index (χ3v) is 5.86. The minimum atomic E-state index is -4.87. The third kappa shape index (κ3) is 5.50. The zero-order chi connectivity index (χ0) is 25.3. The lowest BCUT2D eigenvalue weighted by molar-refractivity contribution is -0.274. The minimum absolute atomic E-state index is 0.127. The van der Waals surface area contributed by atoms with Gasteiger partial charge in [-0.05, 0) is 30.3 Å². The van der Waals surface area contributed by atoms with Gasteiger partial charge >= 0.3 is 6.36 Å². The van der Waals surface area contributed by atoms with Gasteiger partial charge in [-0.1, -0.05) is 0 Å². The molecule has 1 aromatic carbocycles. The molecule has 0 N–H and O–H groups in total. The molecule has 1 aliphatic heterocycles. The summed E-state index contributed by atoms with van der Waals surface area (Å²) in [5.74, 6) is -2.98. The molecule has 10 nitrogen and oxygen atoms in total. The molecular weight excluding hydrogens is 483 g/mol. The van der Waals surface area contributed by atoms with E-state index in [1.165, 1.54) is 43.4 Å². The van der Waals surface area contributed by atoms with E-state index in [1.54, 1.807) is 0 Å². The van der Waals surface area contributed by atoms with Crippen molar-refractivity contribution in [2.75, 3.05) is 36.2 Å². The fraction of sp³-hybridized carbons (Fsp3) is 0.350. The van der Waals surface area contributed by atoms with Gasteiger partial charge in [-0.25, -0.2) is 12.7 Å². The maximum atomic E-state index is 13.3. The average molecular weight is 503 g/mol. The number of sulfonamides is 1. The van der Waals surface area contributed by atoms with Gasteiger partial charge in [-0.15, -0.1) is 13.2 Å². The Morgan fingerprint density at radius 2 is 1.76 bits per heavy atom. The molecule has 0 saturated carbocycles. The van der Waals surface area contributed by atoms with Gasteiger partial charge < -0.3 is 19.1 Å². The molecule has 2 aromatic rings. The molecule has 0 aliphatic carbocycles. The Bertz CT molecular complexity index is 1190. The summed E-state index contributed by atoms with van der Waals surface area (Å²) in [6.45, 7) is -0.185. The number of hydrogen-bond acceptors (Lipinski definition) is 8. The van der Waals surface area contributed by atoms with Gasteiger partial charge in [0.2, 0.25) is 33.6 Å². The number of alkyl halides is 3. The number of pyridine rings is 1. The van der Waals surface area contributed by atoms with Crippen molar-refractivity contribution >= 4 is 33.2 Å². The predicted octanol–water partition coefficient (Wildman–Crippen LogP) is 2.34. The molecule has 1 unspecified atom stereocenters. The molecule has 3 rings (SSSR count). The third-order valence-electron chi connectivity index (χ3n) is 4.82. The molecule has 2 amide bonds. The largest absolute Gasteiger partial charge is 0.573 e. The highest BCUT2D eigenvalue weighted by molar-refractivity contribution is 7.92. The van der Waals surface area contributed by atoms with Crippen molar-refractivity contribution in [2.24, 2.45) is 5.92 Å². The van der Waals surface area contributed by atoms with Gasteiger partial charge in [0.15, 0.2) is 0 Å². The Balaban J connectivity index is 1.87. The number of amides is 2. The number of methoxy groups -OCH3 is 2. The van der Waals surface area contributed by atoms with Crippen LogP contribution in [0.25, 0.3) is 0 Å². The summed E-state index contributed by atoms with van der Waals surface area (Å²) in [6, 6.07) is 7.16. The van der Waals surface area contributed by atoms with Gasteiger partial charge in [0.1, 0.15) is 11.4 Å². The summed E-state index contributed by atoms with van der Waals surface area (Å²) in [5.41, 5.74) is 0.0692. The van der Waals surface area contributed by atoms with Crippen molar-refractivity contribution in [2.45, 2.75) is 12.8 Å². The zero-order valence-electron chi connectivity index (χ0n) is 18.2. The van der Waals surface area contributed by atoms with Crippen LogP contribution in [0.3, 0.4) is 0 Å². The molecule has 1 aromatic heterocycles. The van der Waals surface area contributed by atoms with Crippen LogP contribution in [0.5, 0.6) is 17.5 Å². The topological polar surface area (TPSA) is 115 Å². The maximum absolute atomic E-state index is 13.3. The monoisotopic (exact) mass is 503 g/mol. The first-order valence-corrected chi connectivity index (χ1v) is 11.5. The first kappa shape index (κ1) is 25.1. The van der Waals surface area contributed by atoms with E-state index in [0.29, 0.717) is 4.31 Å². The molecule has 0 bridgehead atoms. The maximum Gasteiger partial charge on any atom is 0.573 e. The van der Waals surface area contributed by atoms with Crippen LogP contribution in [0.1, 0.15) is 6.42 Å². The van der Waals surface area contributed by atoms with E-state index in [-0.39, 0.29) is 36.1 Å². The van der Waals surface area contributed by atoms with Gasteiger partial charge in [-0.2, -0.15) is 4.98 Å². The molecule has 2 heterocycles. The molecule has 14 heteroatoms. The molecule has 0 radical (unpaired) electrons. The van der Waals surface area contributed by atoms with E-state index >= 15 is 0 Å². The normalized spacial score (nSPS) is 16.4. The Morgan fingerprint density at radius 1 is 1.12 bits per heavy atom. The zero-order valence-corrected chi connectivity index (χ0v) is 19.0. The lowest BCUT2D eigenvalue weighted by Gasteiger charge is -2.24. The van der Waals surface area contributed by atoms with Crippen LogP contribution < -0.4 is 23.4 Å². The molecular formula is C20H20F3N3O7S. The second-order valence-electron chi connectivity index (χ2n) is 7.19. The van der Waals surface area contributed by atoms with E-state index in [2.05, 4.69) is 9.72 Å². The Morgan fingerprint density at radius 3 is 2.29 bits per heavy atom. The SMILES string of the molecule is COc1ccc(N(C(=O)C2CC(=O)N(c3ccc(OC(F)(F)F)cc3)C2)S(C)(=O)=O)c(OC)n1. The Hall–Kier alpha value is -3.55. The van der Waals surface area contributed by atoms with Crippen LogP contribution in [0.15, 0.2) is 36.4 Å². The van der Waals surface area contributed by atoms with E-state index in [4.69, 9.17) is 9.47 Å². The predicted molar refractivity (Wildman–Crippen MR) is 113 cm³/mol. The first-order chi connectivity index (χ1) is 15.8. The number of halogens is 3. The van der Waals surface area contributed by atoms with E-state index in [9.17, 15) is 31.2 Å². The van der Waals surface area contributed by atoms with E-state index in [0.717, 1.165) is 18.4 Å². The van der Waals surface area contributed by atoms with Crippen molar-refractivity contribution in [3.8, 4) is 17.5 Å². The minimum Gasteiger partial charge on any atom is -0.481 e. The van der Waals surface area contributed by atoms with Crippen molar-refractivity contribution in [1.82, 2.24) is 4.98 Å². The van der Waals surface area contributed by atoms with Crippen molar-refractivity contribution in [3.63, 3.8) is 0 Å². The second-order valence-corrected chi connectivity index (χ2v) is 9.03. The Labute approximate surface area is 192 Å². The van der Waals surface area contributed by atoms with Crippen LogP contribution in [0, 0.1) is 5.92 Å². The summed E-state index contributed by atoms with van der Waals surface area (Å²) in [5, 5.41) is 0. The molecule has 34 heavy (non-hydrogen) atoms.